The summed E-state index contributed by atoms with van der Waals surface area (Å²) in [5, 5.41) is 3.66. The molecule has 0 aliphatic heterocycles. The number of hydrogen-bond acceptors (Lipinski definition) is 6. The summed E-state index contributed by atoms with van der Waals surface area (Å²) in [5.74, 6) is 0.320. The number of nitrogens with two attached hydrogens (primary N) is 1. The lowest BCUT2D eigenvalue weighted by Gasteiger charge is -2.05. The summed E-state index contributed by atoms with van der Waals surface area (Å²) in [4.78, 5) is 11.8. The molecule has 1 aliphatic carbocycles. The van der Waals surface area contributed by atoms with Crippen molar-refractivity contribution in [1.82, 2.24) is 0 Å². The molecule has 0 saturated heterocycles. The first kappa shape index (κ1) is 13.4. The highest BCUT2D eigenvalue weighted by Gasteiger charge is 2.35. The first-order chi connectivity index (χ1) is 8.21. The van der Waals surface area contributed by atoms with Crippen molar-refractivity contribution in [3.05, 3.63) is 4.88 Å². The summed E-state index contributed by atoms with van der Waals surface area (Å²) >= 11 is 1.13. The Morgan fingerprint density at radius 1 is 1.50 bits per heavy atom. The largest absolute Gasteiger partial charge is 0.396 e. The molecular weight excluding hydrogens is 272 g/mol. The highest BCUT2D eigenvalue weighted by Crippen LogP contribution is 2.43. The zero-order valence-electron chi connectivity index (χ0n) is 10.5. The zero-order valence-corrected chi connectivity index (χ0v) is 12.1. The van der Waals surface area contributed by atoms with Crippen molar-refractivity contribution >= 4 is 37.6 Å². The lowest BCUT2D eigenvalue weighted by atomic mass is 10.3. The molecule has 0 bridgehead atoms. The van der Waals surface area contributed by atoms with Gasteiger partial charge in [0.2, 0.25) is 0 Å². The number of carbonyl (C=O) groups is 1. The lowest BCUT2D eigenvalue weighted by molar-refractivity contribution is 0.102. The van der Waals surface area contributed by atoms with Crippen LogP contribution in [0.4, 0.5) is 10.7 Å². The topological polar surface area (TPSA) is 89.3 Å². The predicted molar refractivity (Wildman–Crippen MR) is 73.0 cm³/mol. The van der Waals surface area contributed by atoms with E-state index in [0.29, 0.717) is 15.8 Å². The summed E-state index contributed by atoms with van der Waals surface area (Å²) in [6, 6.07) is 0.281. The first-order valence-electron chi connectivity index (χ1n) is 5.61. The number of anilines is 2. The van der Waals surface area contributed by atoms with Crippen molar-refractivity contribution in [2.24, 2.45) is 5.92 Å². The molecule has 1 aliphatic rings. The predicted octanol–water partition coefficient (Wildman–Crippen LogP) is 1.76. The molecule has 5 nitrogen and oxygen atoms in total. The normalized spacial score (nSPS) is 22.8. The molecule has 0 radical (unpaired) electrons. The van der Waals surface area contributed by atoms with E-state index in [0.717, 1.165) is 24.0 Å². The van der Waals surface area contributed by atoms with Crippen LogP contribution >= 0.6 is 11.3 Å². The molecule has 7 heteroatoms. The highest BCUT2D eigenvalue weighted by atomic mass is 32.2. The average Bonchev–Trinajstić information content (AvgIpc) is 2.74. The molecule has 1 heterocycles. The Balaban J connectivity index is 2.50. The summed E-state index contributed by atoms with van der Waals surface area (Å²) in [6.07, 6.45) is 2.12. The van der Waals surface area contributed by atoms with E-state index >= 15 is 0 Å². The minimum absolute atomic E-state index is 0.0665. The van der Waals surface area contributed by atoms with Gasteiger partial charge in [0.15, 0.2) is 15.6 Å². The number of thiophene rings is 1. The SMILES string of the molecule is CC(=O)c1sc(NC2CC2C)c(S(C)(=O)=O)c1N. The Morgan fingerprint density at radius 3 is 2.44 bits per heavy atom. The van der Waals surface area contributed by atoms with Gasteiger partial charge in [0.1, 0.15) is 9.90 Å². The van der Waals surface area contributed by atoms with Crippen LogP contribution in [-0.2, 0) is 9.84 Å². The van der Waals surface area contributed by atoms with Crippen LogP contribution in [0.2, 0.25) is 0 Å². The summed E-state index contributed by atoms with van der Waals surface area (Å²) in [7, 11) is -3.44. The third-order valence-electron chi connectivity index (χ3n) is 3.02. The number of Topliss-reactive ketones (excluding diaryl/α,β-unsaturated/α-hetero) is 1. The van der Waals surface area contributed by atoms with Gasteiger partial charge in [0.05, 0.1) is 10.6 Å². The molecule has 2 rings (SSSR count). The number of sulfone groups is 1. The van der Waals surface area contributed by atoms with Crippen LogP contribution in [0.15, 0.2) is 4.90 Å². The minimum atomic E-state index is -3.44. The molecule has 3 N–H and O–H groups in total. The van der Waals surface area contributed by atoms with Crippen LogP contribution in [0.1, 0.15) is 29.9 Å². The number of carbonyl (C=O) groups excluding carboxylic acids is 1. The van der Waals surface area contributed by atoms with Crippen molar-refractivity contribution in [2.75, 3.05) is 17.3 Å². The second-order valence-corrected chi connectivity index (χ2v) is 7.77. The maximum absolute atomic E-state index is 11.8. The number of nitrogen functional groups attached to an aromatic ring is 1. The fraction of sp³-hybridized carbons (Fsp3) is 0.545. The van der Waals surface area contributed by atoms with E-state index in [1.807, 2.05) is 0 Å². The molecule has 0 amide bonds. The zero-order chi connectivity index (χ0) is 13.7. The van der Waals surface area contributed by atoms with Gasteiger partial charge in [-0.3, -0.25) is 4.79 Å². The van der Waals surface area contributed by atoms with E-state index in [2.05, 4.69) is 12.2 Å². The van der Waals surface area contributed by atoms with Gasteiger partial charge >= 0.3 is 0 Å². The fourth-order valence-corrected chi connectivity index (χ4v) is 4.36. The molecule has 0 spiro atoms. The van der Waals surface area contributed by atoms with E-state index in [1.54, 1.807) is 0 Å². The third kappa shape index (κ3) is 2.37. The first-order valence-corrected chi connectivity index (χ1v) is 8.32. The van der Waals surface area contributed by atoms with E-state index in [4.69, 9.17) is 5.73 Å². The lowest BCUT2D eigenvalue weighted by Crippen LogP contribution is -2.08. The molecule has 0 aromatic carbocycles. The standard InChI is InChI=1S/C11H16N2O3S2/c1-5-4-7(5)13-11-10(18(3,15)16)8(12)9(17-11)6(2)14/h5,7,13H,4,12H2,1-3H3. The van der Waals surface area contributed by atoms with Gasteiger partial charge in [0.25, 0.3) is 0 Å². The number of rotatable bonds is 4. The van der Waals surface area contributed by atoms with Crippen LogP contribution in [0.5, 0.6) is 0 Å². The molecule has 1 aromatic rings. The van der Waals surface area contributed by atoms with Gasteiger partial charge in [-0.05, 0) is 12.3 Å². The van der Waals surface area contributed by atoms with Gasteiger partial charge in [-0.25, -0.2) is 8.42 Å². The third-order valence-corrected chi connectivity index (χ3v) is 5.55. The minimum Gasteiger partial charge on any atom is -0.396 e. The second kappa shape index (κ2) is 4.24. The smallest absolute Gasteiger partial charge is 0.180 e. The van der Waals surface area contributed by atoms with Gasteiger partial charge < -0.3 is 11.1 Å². The van der Waals surface area contributed by atoms with Crippen LogP contribution < -0.4 is 11.1 Å². The van der Waals surface area contributed by atoms with Crippen molar-refractivity contribution in [2.45, 2.75) is 31.2 Å². The van der Waals surface area contributed by atoms with Crippen LogP contribution in [0.3, 0.4) is 0 Å². The quantitative estimate of drug-likeness (QED) is 0.824. The van der Waals surface area contributed by atoms with E-state index in [9.17, 15) is 13.2 Å². The molecule has 18 heavy (non-hydrogen) atoms. The number of hydrogen-bond donors (Lipinski definition) is 2. The highest BCUT2D eigenvalue weighted by molar-refractivity contribution is 7.91. The monoisotopic (exact) mass is 288 g/mol. The van der Waals surface area contributed by atoms with E-state index in [-0.39, 0.29) is 22.4 Å². The Morgan fingerprint density at radius 2 is 2.06 bits per heavy atom. The second-order valence-electron chi connectivity index (χ2n) is 4.80. The maximum Gasteiger partial charge on any atom is 0.180 e. The summed E-state index contributed by atoms with van der Waals surface area (Å²) in [5.41, 5.74) is 5.87. The Bertz CT molecular complexity index is 604. The van der Waals surface area contributed by atoms with Crippen LogP contribution in [-0.4, -0.2) is 26.5 Å². The maximum atomic E-state index is 11.8. The molecule has 2 atom stereocenters. The van der Waals surface area contributed by atoms with Crippen molar-refractivity contribution in [1.29, 1.82) is 0 Å². The Labute approximate surface area is 110 Å². The summed E-state index contributed by atoms with van der Waals surface area (Å²) < 4.78 is 23.5. The van der Waals surface area contributed by atoms with Crippen LogP contribution in [0.25, 0.3) is 0 Å². The number of ketones is 1. The van der Waals surface area contributed by atoms with E-state index in [1.165, 1.54) is 6.92 Å². The van der Waals surface area contributed by atoms with Crippen molar-refractivity contribution in [3.8, 4) is 0 Å². The molecule has 1 aromatic heterocycles. The van der Waals surface area contributed by atoms with Gasteiger partial charge in [0, 0.05) is 19.2 Å². The summed E-state index contributed by atoms with van der Waals surface area (Å²) in [6.45, 7) is 3.47. The van der Waals surface area contributed by atoms with Gasteiger partial charge in [-0.15, -0.1) is 11.3 Å². The van der Waals surface area contributed by atoms with Crippen molar-refractivity contribution in [3.63, 3.8) is 0 Å². The average molecular weight is 288 g/mol. The molecule has 100 valence electrons. The molecule has 1 saturated carbocycles. The van der Waals surface area contributed by atoms with Crippen molar-refractivity contribution < 1.29 is 13.2 Å². The molecule has 2 unspecified atom stereocenters. The molecule has 1 fully saturated rings. The van der Waals surface area contributed by atoms with Gasteiger partial charge in [-0.1, -0.05) is 6.92 Å². The Kier molecular flexibility index (Phi) is 3.14. The number of nitrogens with one attached hydrogen (secondary N) is 1. The van der Waals surface area contributed by atoms with Crippen LogP contribution in [0, 0.1) is 5.92 Å². The van der Waals surface area contributed by atoms with Gasteiger partial charge in [-0.2, -0.15) is 0 Å². The fourth-order valence-electron chi connectivity index (χ4n) is 1.85. The molecular formula is C11H16N2O3S2. The Hall–Kier alpha value is -1.08. The van der Waals surface area contributed by atoms with E-state index < -0.39 is 9.84 Å².